The molecule has 4 rings (SSSR count). The van der Waals surface area contributed by atoms with Gasteiger partial charge >= 0.3 is 6.18 Å². The van der Waals surface area contributed by atoms with Crippen molar-refractivity contribution < 1.29 is 23.0 Å². The number of fused-ring (bicyclic) bond motifs is 2. The highest BCUT2D eigenvalue weighted by Crippen LogP contribution is 2.47. The van der Waals surface area contributed by atoms with Crippen LogP contribution in [0.15, 0.2) is 41.6 Å². The van der Waals surface area contributed by atoms with Crippen molar-refractivity contribution in [3.8, 4) is 5.75 Å². The first kappa shape index (κ1) is 23.6. The maximum Gasteiger partial charge on any atom is 0.418 e. The second kappa shape index (κ2) is 8.02. The van der Waals surface area contributed by atoms with Crippen LogP contribution >= 0.6 is 11.6 Å². The van der Waals surface area contributed by atoms with E-state index in [1.165, 1.54) is 36.1 Å². The van der Waals surface area contributed by atoms with Crippen LogP contribution in [0.4, 0.5) is 13.2 Å². The number of aromatic nitrogens is 2. The maximum absolute atomic E-state index is 14.4. The van der Waals surface area contributed by atoms with Gasteiger partial charge in [0.2, 0.25) is 0 Å². The Morgan fingerprint density at radius 1 is 1.27 bits per heavy atom. The highest BCUT2D eigenvalue weighted by Gasteiger charge is 2.56. The Morgan fingerprint density at radius 3 is 2.70 bits per heavy atom. The largest absolute Gasteiger partial charge is 0.493 e. The van der Waals surface area contributed by atoms with E-state index in [-0.39, 0.29) is 21.9 Å². The molecule has 0 bridgehead atoms. The highest BCUT2D eigenvalue weighted by molar-refractivity contribution is 6.30. The minimum Gasteiger partial charge on any atom is -0.493 e. The highest BCUT2D eigenvalue weighted by atomic mass is 35.5. The van der Waals surface area contributed by atoms with E-state index in [4.69, 9.17) is 16.3 Å². The Morgan fingerprint density at radius 2 is 2.00 bits per heavy atom. The van der Waals surface area contributed by atoms with Gasteiger partial charge in [0, 0.05) is 40.4 Å². The fraction of sp³-hybridized carbons (Fsp3) is 0.417. The molecule has 5 nitrogen and oxygen atoms in total. The van der Waals surface area contributed by atoms with Gasteiger partial charge in [-0.15, -0.1) is 0 Å². The average Bonchev–Trinajstić information content (AvgIpc) is 3.18. The lowest BCUT2D eigenvalue weighted by Crippen LogP contribution is -2.52. The lowest BCUT2D eigenvalue weighted by Gasteiger charge is -2.39. The number of hydrogen-bond donors (Lipinski definition) is 1. The molecule has 1 aliphatic rings. The van der Waals surface area contributed by atoms with Crippen molar-refractivity contribution in [1.29, 1.82) is 0 Å². The lowest BCUT2D eigenvalue weighted by atomic mass is 9.74. The molecule has 0 amide bonds. The summed E-state index contributed by atoms with van der Waals surface area (Å²) in [4.78, 5) is 16.4. The van der Waals surface area contributed by atoms with Crippen molar-refractivity contribution in [2.75, 3.05) is 6.61 Å². The quantitative estimate of drug-likeness (QED) is 0.561. The van der Waals surface area contributed by atoms with Crippen LogP contribution in [0.25, 0.3) is 10.9 Å². The molecule has 0 fully saturated rings. The molecular formula is C24H24ClF3N2O3. The fourth-order valence-electron chi connectivity index (χ4n) is 4.64. The van der Waals surface area contributed by atoms with Gasteiger partial charge in [0.25, 0.3) is 0 Å². The normalized spacial score (nSPS) is 15.9. The molecule has 33 heavy (non-hydrogen) atoms. The van der Waals surface area contributed by atoms with Crippen LogP contribution in [0.5, 0.6) is 5.75 Å². The molecule has 0 saturated carbocycles. The van der Waals surface area contributed by atoms with E-state index in [2.05, 4.69) is 4.98 Å². The topological polar surface area (TPSA) is 64.3 Å². The van der Waals surface area contributed by atoms with Gasteiger partial charge in [-0.3, -0.25) is 9.78 Å². The van der Waals surface area contributed by atoms with Crippen molar-refractivity contribution in [2.24, 2.45) is 0 Å². The van der Waals surface area contributed by atoms with Crippen molar-refractivity contribution in [1.82, 2.24) is 9.55 Å². The third-order valence-corrected chi connectivity index (χ3v) is 6.45. The summed E-state index contributed by atoms with van der Waals surface area (Å²) in [6.07, 6.45) is -0.901. The van der Waals surface area contributed by atoms with Crippen LogP contribution < -0.4 is 10.2 Å². The Kier molecular flexibility index (Phi) is 5.73. The van der Waals surface area contributed by atoms with E-state index in [1.54, 1.807) is 26.0 Å². The summed E-state index contributed by atoms with van der Waals surface area (Å²) < 4.78 is 50.1. The third kappa shape index (κ3) is 4.22. The van der Waals surface area contributed by atoms with Crippen LogP contribution in [0, 0.1) is 6.92 Å². The summed E-state index contributed by atoms with van der Waals surface area (Å²) in [6, 6.07) is 4.82. The minimum absolute atomic E-state index is 0.223. The number of benzene rings is 1. The molecule has 1 aromatic carbocycles. The van der Waals surface area contributed by atoms with E-state index >= 15 is 0 Å². The third-order valence-electron chi connectivity index (χ3n) is 6.23. The number of halogens is 4. The van der Waals surface area contributed by atoms with Crippen LogP contribution in [0.1, 0.15) is 37.0 Å². The first-order valence-electron chi connectivity index (χ1n) is 10.5. The van der Waals surface area contributed by atoms with Crippen molar-refractivity contribution in [3.63, 3.8) is 0 Å². The molecule has 9 heteroatoms. The molecule has 1 atom stereocenters. The van der Waals surface area contributed by atoms with Gasteiger partial charge in [-0.1, -0.05) is 25.4 Å². The molecular weight excluding hydrogens is 457 g/mol. The number of nitrogens with zero attached hydrogens (tertiary/aromatic N) is 2. The summed E-state index contributed by atoms with van der Waals surface area (Å²) in [6.45, 7) is 4.42. The Labute approximate surface area is 193 Å². The molecule has 3 aromatic rings. The van der Waals surface area contributed by atoms with Crippen molar-refractivity contribution in [3.05, 3.63) is 68.7 Å². The second-order valence-corrected chi connectivity index (χ2v) is 9.73. The zero-order valence-corrected chi connectivity index (χ0v) is 19.2. The Bertz CT molecular complexity index is 1290. The van der Waals surface area contributed by atoms with Gasteiger partial charge < -0.3 is 14.4 Å². The van der Waals surface area contributed by atoms with Gasteiger partial charge in [0.05, 0.1) is 24.9 Å². The molecule has 2 aromatic heterocycles. The molecule has 0 aliphatic carbocycles. The van der Waals surface area contributed by atoms with E-state index in [0.29, 0.717) is 29.4 Å². The fourth-order valence-corrected chi connectivity index (χ4v) is 4.88. The summed E-state index contributed by atoms with van der Waals surface area (Å²) in [5.74, 6) is 0.530. The summed E-state index contributed by atoms with van der Waals surface area (Å²) in [7, 11) is 0. The molecule has 0 saturated heterocycles. The molecule has 1 N–H and O–H groups in total. The van der Waals surface area contributed by atoms with Crippen LogP contribution in [0.3, 0.4) is 0 Å². The van der Waals surface area contributed by atoms with Crippen LogP contribution in [0.2, 0.25) is 5.02 Å². The predicted molar refractivity (Wildman–Crippen MR) is 120 cm³/mol. The first-order valence-corrected chi connectivity index (χ1v) is 10.9. The smallest absolute Gasteiger partial charge is 0.418 e. The molecule has 176 valence electrons. The summed E-state index contributed by atoms with van der Waals surface area (Å²) >= 11 is 6.24. The molecule has 1 aliphatic heterocycles. The number of hydrogen-bond acceptors (Lipinski definition) is 4. The van der Waals surface area contributed by atoms with Crippen LogP contribution in [-0.4, -0.2) is 33.0 Å². The van der Waals surface area contributed by atoms with Gasteiger partial charge in [-0.05, 0) is 42.5 Å². The van der Waals surface area contributed by atoms with E-state index in [1.807, 2.05) is 0 Å². The van der Waals surface area contributed by atoms with Gasteiger partial charge in [0.1, 0.15) is 5.75 Å². The number of rotatable bonds is 5. The minimum atomic E-state index is -4.95. The van der Waals surface area contributed by atoms with E-state index in [0.717, 1.165) is 5.56 Å². The number of ether oxygens (including phenoxy) is 1. The molecule has 3 heterocycles. The van der Waals surface area contributed by atoms with Crippen molar-refractivity contribution in [2.45, 2.75) is 57.3 Å². The summed E-state index contributed by atoms with van der Waals surface area (Å²) in [5.41, 5.74) is -2.66. The van der Waals surface area contributed by atoms with E-state index < -0.39 is 30.2 Å². The van der Waals surface area contributed by atoms with Crippen LogP contribution in [-0.2, 0) is 18.4 Å². The summed E-state index contributed by atoms with van der Waals surface area (Å²) in [5, 5.41) is 11.8. The lowest BCUT2D eigenvalue weighted by molar-refractivity contribution is -0.271. The average molecular weight is 481 g/mol. The number of alkyl halides is 3. The van der Waals surface area contributed by atoms with Gasteiger partial charge in [0.15, 0.2) is 11.0 Å². The Hall–Kier alpha value is -2.58. The number of aryl methyl sites for hydroxylation is 1. The SMILES string of the molecule is Cc1cn(CC(O)(CC(C)(C)c2cc(Cl)cc3c2OCC3)C(F)(F)F)c2cnccc2c1=O. The number of aliphatic hydroxyl groups is 1. The second-order valence-electron chi connectivity index (χ2n) is 9.29. The molecule has 1 unspecified atom stereocenters. The predicted octanol–water partition coefficient (Wildman–Crippen LogP) is 4.95. The first-order chi connectivity index (χ1) is 15.3. The zero-order valence-electron chi connectivity index (χ0n) is 18.5. The van der Waals surface area contributed by atoms with E-state index in [9.17, 15) is 23.1 Å². The molecule has 0 spiro atoms. The maximum atomic E-state index is 14.4. The molecule has 0 radical (unpaired) electrons. The monoisotopic (exact) mass is 480 g/mol. The number of pyridine rings is 2. The Balaban J connectivity index is 1.80. The standard InChI is InChI=1S/C24H24ClF3N2O3/c1-14-11-30(19-10-29-6-4-17(19)20(14)31)13-23(32,24(26,27)28)12-22(2,3)18-9-16(25)8-15-5-7-33-21(15)18/h4,6,8-11,32H,5,7,12-13H2,1-3H3. The van der Waals surface area contributed by atoms with Crippen molar-refractivity contribution >= 4 is 22.5 Å². The zero-order chi connectivity index (χ0) is 24.2. The van der Waals surface area contributed by atoms with Gasteiger partial charge in [-0.25, -0.2) is 0 Å². The van der Waals surface area contributed by atoms with Gasteiger partial charge in [-0.2, -0.15) is 13.2 Å².